The van der Waals surface area contributed by atoms with Crippen LogP contribution in [0.3, 0.4) is 0 Å². The molecular weight excluding hydrogens is 384 g/mol. The molecule has 1 aromatic heterocycles. The third-order valence-corrected chi connectivity index (χ3v) is 5.78. The van der Waals surface area contributed by atoms with E-state index in [9.17, 15) is 4.79 Å². The van der Waals surface area contributed by atoms with Gasteiger partial charge in [-0.1, -0.05) is 54.6 Å². The SMILES string of the molecule is COc1ccc(Cc2cc3c(=O)n(-c4ccccc4C)cnc3c3ccccc23)cc1. The van der Waals surface area contributed by atoms with E-state index >= 15 is 0 Å². The molecule has 0 radical (unpaired) electrons. The molecule has 5 aromatic rings. The zero-order valence-corrected chi connectivity index (χ0v) is 17.5. The molecule has 4 nitrogen and oxygen atoms in total. The van der Waals surface area contributed by atoms with Crippen LogP contribution in [0, 0.1) is 6.92 Å². The van der Waals surface area contributed by atoms with Gasteiger partial charge in [0.2, 0.25) is 0 Å². The summed E-state index contributed by atoms with van der Waals surface area (Å²) in [7, 11) is 1.67. The first-order chi connectivity index (χ1) is 15.2. The van der Waals surface area contributed by atoms with Crippen LogP contribution in [0.5, 0.6) is 5.75 Å². The summed E-state index contributed by atoms with van der Waals surface area (Å²) in [6, 6.07) is 26.1. The van der Waals surface area contributed by atoms with E-state index in [0.29, 0.717) is 5.39 Å². The minimum Gasteiger partial charge on any atom is -0.497 e. The Balaban J connectivity index is 1.73. The summed E-state index contributed by atoms with van der Waals surface area (Å²) < 4.78 is 6.92. The summed E-state index contributed by atoms with van der Waals surface area (Å²) in [5.74, 6) is 0.831. The molecular formula is C27H22N2O2. The summed E-state index contributed by atoms with van der Waals surface area (Å²) >= 11 is 0. The number of aromatic nitrogens is 2. The van der Waals surface area contributed by atoms with E-state index < -0.39 is 0 Å². The molecule has 1 heterocycles. The normalized spacial score (nSPS) is 11.2. The number of aryl methyl sites for hydroxylation is 1. The molecule has 0 bridgehead atoms. The number of hydrogen-bond donors (Lipinski definition) is 0. The molecule has 4 heteroatoms. The summed E-state index contributed by atoms with van der Waals surface area (Å²) in [5.41, 5.74) is 4.84. The molecule has 0 saturated carbocycles. The summed E-state index contributed by atoms with van der Waals surface area (Å²) in [5, 5.41) is 2.75. The third-order valence-electron chi connectivity index (χ3n) is 5.78. The smallest absolute Gasteiger partial charge is 0.265 e. The zero-order valence-electron chi connectivity index (χ0n) is 17.5. The number of ether oxygens (including phenoxy) is 1. The van der Waals surface area contributed by atoms with Gasteiger partial charge in [0.05, 0.1) is 23.7 Å². The van der Waals surface area contributed by atoms with Crippen LogP contribution in [0.1, 0.15) is 16.7 Å². The lowest BCUT2D eigenvalue weighted by atomic mass is 9.96. The highest BCUT2D eigenvalue weighted by molar-refractivity contribution is 6.06. The zero-order chi connectivity index (χ0) is 21.4. The van der Waals surface area contributed by atoms with Gasteiger partial charge in [0.1, 0.15) is 12.1 Å². The van der Waals surface area contributed by atoms with Crippen molar-refractivity contribution >= 4 is 21.7 Å². The Morgan fingerprint density at radius 2 is 1.58 bits per heavy atom. The first-order valence-electron chi connectivity index (χ1n) is 10.3. The van der Waals surface area contributed by atoms with Gasteiger partial charge in [-0.15, -0.1) is 0 Å². The van der Waals surface area contributed by atoms with Crippen LogP contribution in [0.15, 0.2) is 90.0 Å². The molecule has 0 N–H and O–H groups in total. The summed E-state index contributed by atoms with van der Waals surface area (Å²) in [6.07, 6.45) is 2.36. The van der Waals surface area contributed by atoms with Crippen LogP contribution in [0.25, 0.3) is 27.4 Å². The molecule has 0 aliphatic heterocycles. The van der Waals surface area contributed by atoms with E-state index in [2.05, 4.69) is 18.2 Å². The fourth-order valence-corrected chi connectivity index (χ4v) is 4.15. The lowest BCUT2D eigenvalue weighted by Gasteiger charge is -2.13. The fraction of sp³-hybridized carbons (Fsp3) is 0.111. The molecule has 0 atom stereocenters. The monoisotopic (exact) mass is 406 g/mol. The molecule has 0 saturated heterocycles. The predicted molar refractivity (Wildman–Crippen MR) is 125 cm³/mol. The Bertz CT molecular complexity index is 1470. The highest BCUT2D eigenvalue weighted by Crippen LogP contribution is 2.28. The highest BCUT2D eigenvalue weighted by Gasteiger charge is 2.13. The molecule has 152 valence electrons. The van der Waals surface area contributed by atoms with E-state index in [0.717, 1.165) is 50.8 Å². The third kappa shape index (κ3) is 3.36. The Hall–Kier alpha value is -3.92. The van der Waals surface area contributed by atoms with Crippen molar-refractivity contribution in [2.24, 2.45) is 0 Å². The van der Waals surface area contributed by atoms with Crippen molar-refractivity contribution in [2.45, 2.75) is 13.3 Å². The van der Waals surface area contributed by atoms with Gasteiger partial charge in [0.25, 0.3) is 5.56 Å². The van der Waals surface area contributed by atoms with E-state index in [1.807, 2.05) is 67.6 Å². The van der Waals surface area contributed by atoms with Crippen molar-refractivity contribution in [1.82, 2.24) is 9.55 Å². The lowest BCUT2D eigenvalue weighted by Crippen LogP contribution is -2.20. The Labute approximate surface area is 180 Å². The van der Waals surface area contributed by atoms with E-state index in [1.165, 1.54) is 0 Å². The van der Waals surface area contributed by atoms with Gasteiger partial charge in [-0.25, -0.2) is 4.98 Å². The second kappa shape index (κ2) is 7.73. The number of para-hydroxylation sites is 1. The number of rotatable bonds is 4. The maximum atomic E-state index is 13.5. The van der Waals surface area contributed by atoms with Crippen molar-refractivity contribution in [3.63, 3.8) is 0 Å². The molecule has 0 unspecified atom stereocenters. The molecule has 0 spiro atoms. The maximum Gasteiger partial charge on any atom is 0.265 e. The van der Waals surface area contributed by atoms with Crippen molar-refractivity contribution in [3.05, 3.63) is 112 Å². The molecule has 5 rings (SSSR count). The number of methoxy groups -OCH3 is 1. The van der Waals surface area contributed by atoms with Gasteiger partial charge in [-0.05, 0) is 59.7 Å². The fourth-order valence-electron chi connectivity index (χ4n) is 4.15. The first kappa shape index (κ1) is 19.1. The second-order valence-electron chi connectivity index (χ2n) is 7.71. The van der Waals surface area contributed by atoms with E-state index in [4.69, 9.17) is 9.72 Å². The summed E-state index contributed by atoms with van der Waals surface area (Å²) in [6.45, 7) is 2.00. The standard InChI is InChI=1S/C27H22N2O2/c1-18-7-3-6-10-25(18)29-17-28-26-23-9-5-4-8-22(23)20(16-24(26)27(29)30)15-19-11-13-21(31-2)14-12-19/h3-14,16-17H,15H2,1-2H3. The van der Waals surface area contributed by atoms with Crippen LogP contribution < -0.4 is 10.3 Å². The second-order valence-corrected chi connectivity index (χ2v) is 7.71. The molecule has 0 fully saturated rings. The van der Waals surface area contributed by atoms with E-state index in [1.54, 1.807) is 18.0 Å². The predicted octanol–water partition coefficient (Wildman–Crippen LogP) is 5.45. The average molecular weight is 406 g/mol. The van der Waals surface area contributed by atoms with Gasteiger partial charge in [-0.3, -0.25) is 9.36 Å². The Morgan fingerprint density at radius 3 is 2.32 bits per heavy atom. The van der Waals surface area contributed by atoms with Gasteiger partial charge in [-0.2, -0.15) is 0 Å². The summed E-state index contributed by atoms with van der Waals surface area (Å²) in [4.78, 5) is 18.2. The Morgan fingerprint density at radius 1 is 0.871 bits per heavy atom. The van der Waals surface area contributed by atoms with Gasteiger partial charge < -0.3 is 4.74 Å². The lowest BCUT2D eigenvalue weighted by molar-refractivity contribution is 0.414. The molecule has 0 aliphatic carbocycles. The van der Waals surface area contributed by atoms with Crippen LogP contribution >= 0.6 is 0 Å². The van der Waals surface area contributed by atoms with Crippen molar-refractivity contribution in [3.8, 4) is 11.4 Å². The number of fused-ring (bicyclic) bond motifs is 3. The van der Waals surface area contributed by atoms with E-state index in [-0.39, 0.29) is 5.56 Å². The van der Waals surface area contributed by atoms with Gasteiger partial charge in [0, 0.05) is 5.39 Å². The first-order valence-corrected chi connectivity index (χ1v) is 10.3. The Kier molecular flexibility index (Phi) is 4.75. The molecule has 0 aliphatic rings. The highest BCUT2D eigenvalue weighted by atomic mass is 16.5. The van der Waals surface area contributed by atoms with Crippen LogP contribution in [0.4, 0.5) is 0 Å². The topological polar surface area (TPSA) is 44.1 Å². The van der Waals surface area contributed by atoms with Gasteiger partial charge >= 0.3 is 0 Å². The minimum atomic E-state index is -0.0546. The average Bonchev–Trinajstić information content (AvgIpc) is 2.81. The van der Waals surface area contributed by atoms with Crippen LogP contribution in [-0.4, -0.2) is 16.7 Å². The number of hydrogen-bond acceptors (Lipinski definition) is 3. The number of nitrogens with zero attached hydrogens (tertiary/aromatic N) is 2. The van der Waals surface area contributed by atoms with Crippen LogP contribution in [0.2, 0.25) is 0 Å². The number of benzene rings is 4. The molecule has 0 amide bonds. The van der Waals surface area contributed by atoms with Crippen LogP contribution in [-0.2, 0) is 6.42 Å². The minimum absolute atomic E-state index is 0.0546. The van der Waals surface area contributed by atoms with Crippen molar-refractivity contribution in [1.29, 1.82) is 0 Å². The quantitative estimate of drug-likeness (QED) is 0.373. The largest absolute Gasteiger partial charge is 0.497 e. The van der Waals surface area contributed by atoms with Crippen molar-refractivity contribution < 1.29 is 4.74 Å². The van der Waals surface area contributed by atoms with Gasteiger partial charge in [0.15, 0.2) is 0 Å². The molecule has 4 aromatic carbocycles. The maximum absolute atomic E-state index is 13.5. The molecule has 31 heavy (non-hydrogen) atoms. The van der Waals surface area contributed by atoms with Crippen molar-refractivity contribution in [2.75, 3.05) is 7.11 Å².